The van der Waals surface area contributed by atoms with Gasteiger partial charge in [0, 0.05) is 13.5 Å². The molecule has 0 spiro atoms. The van der Waals surface area contributed by atoms with Gasteiger partial charge in [-0.1, -0.05) is 79.7 Å². The van der Waals surface area contributed by atoms with E-state index in [0.29, 0.717) is 0 Å². The van der Waals surface area contributed by atoms with Gasteiger partial charge in [-0.2, -0.15) is 0 Å². The molecular weight excluding hydrogens is 548 g/mol. The van der Waals surface area contributed by atoms with Crippen molar-refractivity contribution < 1.29 is 29.4 Å². The number of carbonyl (C=O) groups excluding carboxylic acids is 4. The van der Waals surface area contributed by atoms with Crippen LogP contribution in [0.2, 0.25) is 0 Å². The minimum atomic E-state index is -1.32. The quantitative estimate of drug-likeness (QED) is 0.298. The van der Waals surface area contributed by atoms with Crippen molar-refractivity contribution in [3.05, 3.63) is 102 Å². The molecule has 0 bridgehead atoms. The molecule has 5 N–H and O–H groups in total. The third-order valence-corrected chi connectivity index (χ3v) is 8.02. The summed E-state index contributed by atoms with van der Waals surface area (Å²) in [5, 5.41) is 30.0. The molecule has 226 valence electrons. The standard InChI is InChI=1S/C33H38N4O6/c1-20-29(39)25(18-22-12-6-4-7-13-22)34-32(42)28(36-31(41)24-16-10-11-17-27(24)38)21(2)37(3)33(43)26(35-30(20)40)19-23-14-8-5-9-15-23/h4-17,20-21,25-26,28-29,38-39H,18-19H2,1-3H3,(H,34,42)(H,35,40)(H,36,41)/t20-,21-,25+,26?,28+,29+/m1/s1. The maximum Gasteiger partial charge on any atom is 0.255 e. The van der Waals surface area contributed by atoms with Crippen LogP contribution in [-0.4, -0.2) is 76.1 Å². The van der Waals surface area contributed by atoms with E-state index in [9.17, 15) is 29.4 Å². The zero-order valence-corrected chi connectivity index (χ0v) is 24.4. The van der Waals surface area contributed by atoms with E-state index in [0.717, 1.165) is 11.1 Å². The molecule has 10 heteroatoms. The van der Waals surface area contributed by atoms with Crippen LogP contribution in [0, 0.1) is 5.92 Å². The lowest BCUT2D eigenvalue weighted by molar-refractivity contribution is -0.141. The monoisotopic (exact) mass is 586 g/mol. The van der Waals surface area contributed by atoms with Crippen molar-refractivity contribution in [3.63, 3.8) is 0 Å². The van der Waals surface area contributed by atoms with Crippen molar-refractivity contribution >= 4 is 23.6 Å². The number of para-hydroxylation sites is 1. The van der Waals surface area contributed by atoms with Crippen LogP contribution in [0.25, 0.3) is 0 Å². The molecule has 4 rings (SSSR count). The van der Waals surface area contributed by atoms with Gasteiger partial charge in [-0.3, -0.25) is 19.2 Å². The van der Waals surface area contributed by atoms with Crippen LogP contribution in [-0.2, 0) is 27.2 Å². The number of hydrogen-bond acceptors (Lipinski definition) is 6. The Morgan fingerprint density at radius 1 is 0.814 bits per heavy atom. The number of likely N-dealkylation sites (N-methyl/N-ethyl adjacent to an activating group) is 1. The second-order valence-corrected chi connectivity index (χ2v) is 11.0. The van der Waals surface area contributed by atoms with Crippen molar-refractivity contribution in [1.29, 1.82) is 0 Å². The van der Waals surface area contributed by atoms with E-state index < -0.39 is 59.8 Å². The molecule has 0 radical (unpaired) electrons. The average Bonchev–Trinajstić information content (AvgIpc) is 3.01. The number of aromatic hydroxyl groups is 1. The number of aliphatic hydroxyl groups is 1. The zero-order chi connectivity index (χ0) is 31.1. The molecule has 1 saturated heterocycles. The Hall–Kier alpha value is -4.70. The molecule has 0 saturated carbocycles. The summed E-state index contributed by atoms with van der Waals surface area (Å²) >= 11 is 0. The number of phenolic OH excluding ortho intramolecular Hbond substituents is 1. The van der Waals surface area contributed by atoms with Gasteiger partial charge in [-0.05, 0) is 36.6 Å². The lowest BCUT2D eigenvalue weighted by Crippen LogP contribution is -2.64. The van der Waals surface area contributed by atoms with Gasteiger partial charge in [-0.25, -0.2) is 0 Å². The van der Waals surface area contributed by atoms with E-state index in [-0.39, 0.29) is 24.2 Å². The van der Waals surface area contributed by atoms with E-state index in [4.69, 9.17) is 0 Å². The van der Waals surface area contributed by atoms with Gasteiger partial charge >= 0.3 is 0 Å². The maximum atomic E-state index is 13.9. The van der Waals surface area contributed by atoms with Crippen molar-refractivity contribution in [2.45, 2.75) is 57.0 Å². The van der Waals surface area contributed by atoms with Crippen LogP contribution < -0.4 is 16.0 Å². The first-order valence-electron chi connectivity index (χ1n) is 14.3. The number of nitrogens with one attached hydrogen (secondary N) is 3. The van der Waals surface area contributed by atoms with Gasteiger partial charge in [0.05, 0.1) is 29.7 Å². The van der Waals surface area contributed by atoms with Crippen LogP contribution in [0.3, 0.4) is 0 Å². The number of carbonyl (C=O) groups is 4. The highest BCUT2D eigenvalue weighted by atomic mass is 16.3. The minimum Gasteiger partial charge on any atom is -0.507 e. The van der Waals surface area contributed by atoms with Gasteiger partial charge in [-0.15, -0.1) is 0 Å². The Kier molecular flexibility index (Phi) is 10.2. The van der Waals surface area contributed by atoms with Crippen molar-refractivity contribution in [3.8, 4) is 5.75 Å². The Morgan fingerprint density at radius 2 is 1.37 bits per heavy atom. The number of phenols is 1. The van der Waals surface area contributed by atoms with E-state index in [1.807, 2.05) is 60.7 Å². The molecule has 1 aliphatic heterocycles. The zero-order valence-electron chi connectivity index (χ0n) is 24.4. The number of amides is 4. The lowest BCUT2D eigenvalue weighted by Gasteiger charge is -2.37. The average molecular weight is 587 g/mol. The first-order chi connectivity index (χ1) is 20.6. The Labute approximate surface area is 251 Å². The Morgan fingerprint density at radius 3 is 1.98 bits per heavy atom. The van der Waals surface area contributed by atoms with Gasteiger partial charge < -0.3 is 31.1 Å². The molecule has 1 unspecified atom stereocenters. The summed E-state index contributed by atoms with van der Waals surface area (Å²) in [5.74, 6) is -3.61. The summed E-state index contributed by atoms with van der Waals surface area (Å²) < 4.78 is 0. The molecule has 1 aliphatic rings. The predicted octanol–water partition coefficient (Wildman–Crippen LogP) is 1.80. The van der Waals surface area contributed by atoms with Crippen LogP contribution in [0.4, 0.5) is 0 Å². The fraction of sp³-hybridized carbons (Fsp3) is 0.333. The van der Waals surface area contributed by atoms with Crippen molar-refractivity contribution in [1.82, 2.24) is 20.9 Å². The Bertz CT molecular complexity index is 1430. The predicted molar refractivity (Wildman–Crippen MR) is 161 cm³/mol. The fourth-order valence-corrected chi connectivity index (χ4v) is 5.21. The lowest BCUT2D eigenvalue weighted by atomic mass is 9.90. The summed E-state index contributed by atoms with van der Waals surface area (Å²) in [6.45, 7) is 3.16. The van der Waals surface area contributed by atoms with Crippen LogP contribution in [0.15, 0.2) is 84.9 Å². The van der Waals surface area contributed by atoms with Crippen LogP contribution in [0.5, 0.6) is 5.75 Å². The van der Waals surface area contributed by atoms with E-state index in [1.165, 1.54) is 24.1 Å². The van der Waals surface area contributed by atoms with Gasteiger partial charge in [0.1, 0.15) is 17.8 Å². The maximum absolute atomic E-state index is 13.9. The smallest absolute Gasteiger partial charge is 0.255 e. The number of benzene rings is 3. The topological polar surface area (TPSA) is 148 Å². The van der Waals surface area contributed by atoms with Crippen molar-refractivity contribution in [2.75, 3.05) is 7.05 Å². The number of rotatable bonds is 6. The van der Waals surface area contributed by atoms with Gasteiger partial charge in [0.2, 0.25) is 17.7 Å². The summed E-state index contributed by atoms with van der Waals surface area (Å²) in [4.78, 5) is 55.8. The molecule has 1 heterocycles. The largest absolute Gasteiger partial charge is 0.507 e. The van der Waals surface area contributed by atoms with E-state index >= 15 is 0 Å². The second-order valence-electron chi connectivity index (χ2n) is 11.0. The highest BCUT2D eigenvalue weighted by Gasteiger charge is 2.40. The number of nitrogens with zero attached hydrogens (tertiary/aromatic N) is 1. The van der Waals surface area contributed by atoms with Gasteiger partial charge in [0.15, 0.2) is 0 Å². The van der Waals surface area contributed by atoms with Crippen LogP contribution >= 0.6 is 0 Å². The Balaban J connectivity index is 1.73. The molecule has 43 heavy (non-hydrogen) atoms. The molecule has 10 nitrogen and oxygen atoms in total. The summed E-state index contributed by atoms with van der Waals surface area (Å²) in [6, 6.07) is 20.3. The third kappa shape index (κ3) is 7.58. The molecule has 0 aliphatic carbocycles. The minimum absolute atomic E-state index is 0.0358. The van der Waals surface area contributed by atoms with Crippen LogP contribution in [0.1, 0.15) is 35.3 Å². The summed E-state index contributed by atoms with van der Waals surface area (Å²) in [7, 11) is 1.51. The number of hydrogen-bond donors (Lipinski definition) is 5. The highest BCUT2D eigenvalue weighted by molar-refractivity contribution is 6.00. The molecule has 6 atom stereocenters. The fourth-order valence-electron chi connectivity index (χ4n) is 5.21. The molecule has 0 aromatic heterocycles. The normalized spacial score (nSPS) is 25.1. The van der Waals surface area contributed by atoms with Crippen molar-refractivity contribution in [2.24, 2.45) is 5.92 Å². The molecule has 3 aromatic carbocycles. The summed E-state index contributed by atoms with van der Waals surface area (Å²) in [5.41, 5.74) is 1.60. The third-order valence-electron chi connectivity index (χ3n) is 8.02. The second kappa shape index (κ2) is 14.0. The number of aliphatic hydroxyl groups excluding tert-OH is 1. The highest BCUT2D eigenvalue weighted by Crippen LogP contribution is 2.19. The van der Waals surface area contributed by atoms with E-state index in [1.54, 1.807) is 26.0 Å². The molecule has 4 amide bonds. The van der Waals surface area contributed by atoms with Gasteiger partial charge in [0.25, 0.3) is 5.91 Å². The van der Waals surface area contributed by atoms with E-state index in [2.05, 4.69) is 16.0 Å². The molecular formula is C33H38N4O6. The first-order valence-corrected chi connectivity index (χ1v) is 14.3. The first kappa shape index (κ1) is 31.2. The summed E-state index contributed by atoms with van der Waals surface area (Å²) in [6.07, 6.45) is -0.930. The molecule has 3 aromatic rings. The molecule has 1 fully saturated rings. The SMILES string of the molecule is C[C@@H]1[C@H](NC(=O)c2ccccc2O)C(=O)N[C@@H](Cc2ccccc2)[C@@H](O)[C@@H](C)C(=O)NC(Cc2ccccc2)C(=O)N1C.